The maximum absolute atomic E-state index is 13.9. The SMILES string of the molecule is NCc1ccnc(OCc2ccc3c(c2)OCO3)c1F. The van der Waals surface area contributed by atoms with E-state index in [0.29, 0.717) is 17.1 Å². The Balaban J connectivity index is 1.73. The molecule has 0 amide bonds. The Morgan fingerprint density at radius 3 is 2.95 bits per heavy atom. The zero-order valence-electron chi connectivity index (χ0n) is 10.6. The summed E-state index contributed by atoms with van der Waals surface area (Å²) in [5, 5.41) is 0. The van der Waals surface area contributed by atoms with Gasteiger partial charge in [0.2, 0.25) is 6.79 Å². The molecule has 1 aliphatic rings. The average Bonchev–Trinajstić information content (AvgIpc) is 2.93. The molecule has 0 unspecified atom stereocenters. The van der Waals surface area contributed by atoms with Crippen molar-refractivity contribution in [1.82, 2.24) is 4.98 Å². The van der Waals surface area contributed by atoms with E-state index in [0.717, 1.165) is 5.56 Å². The van der Waals surface area contributed by atoms with Gasteiger partial charge in [-0.25, -0.2) is 9.37 Å². The molecule has 5 nitrogen and oxygen atoms in total. The van der Waals surface area contributed by atoms with E-state index in [2.05, 4.69) is 4.98 Å². The zero-order chi connectivity index (χ0) is 13.9. The smallest absolute Gasteiger partial charge is 0.251 e. The van der Waals surface area contributed by atoms with Crippen molar-refractivity contribution in [3.8, 4) is 17.4 Å². The number of nitrogens with two attached hydrogens (primary N) is 1. The number of pyridine rings is 1. The third-order valence-electron chi connectivity index (χ3n) is 2.97. The second kappa shape index (κ2) is 5.34. The first kappa shape index (κ1) is 12.7. The van der Waals surface area contributed by atoms with E-state index in [-0.39, 0.29) is 25.8 Å². The van der Waals surface area contributed by atoms with Gasteiger partial charge in [0.15, 0.2) is 17.3 Å². The first-order valence-electron chi connectivity index (χ1n) is 6.12. The fourth-order valence-electron chi connectivity index (χ4n) is 1.90. The third-order valence-corrected chi connectivity index (χ3v) is 2.97. The van der Waals surface area contributed by atoms with E-state index in [1.807, 2.05) is 6.07 Å². The lowest BCUT2D eigenvalue weighted by molar-refractivity contribution is 0.174. The van der Waals surface area contributed by atoms with Crippen LogP contribution in [0.2, 0.25) is 0 Å². The van der Waals surface area contributed by atoms with Gasteiger partial charge in [-0.1, -0.05) is 6.07 Å². The number of rotatable bonds is 4. The van der Waals surface area contributed by atoms with Gasteiger partial charge in [0.05, 0.1) is 0 Å². The second-order valence-corrected chi connectivity index (χ2v) is 4.27. The number of hydrogen-bond acceptors (Lipinski definition) is 5. The van der Waals surface area contributed by atoms with Gasteiger partial charge in [-0.3, -0.25) is 0 Å². The van der Waals surface area contributed by atoms with Crippen LogP contribution in [0.1, 0.15) is 11.1 Å². The fraction of sp³-hybridized carbons (Fsp3) is 0.214. The summed E-state index contributed by atoms with van der Waals surface area (Å²) >= 11 is 0. The molecule has 0 fully saturated rings. The van der Waals surface area contributed by atoms with Crippen molar-refractivity contribution in [3.05, 3.63) is 47.4 Å². The van der Waals surface area contributed by atoms with Crippen LogP contribution in [0.3, 0.4) is 0 Å². The van der Waals surface area contributed by atoms with Crippen molar-refractivity contribution in [2.45, 2.75) is 13.2 Å². The van der Waals surface area contributed by atoms with Crippen molar-refractivity contribution in [1.29, 1.82) is 0 Å². The first-order chi connectivity index (χ1) is 9.78. The Labute approximate surface area is 115 Å². The van der Waals surface area contributed by atoms with Crippen molar-refractivity contribution >= 4 is 0 Å². The van der Waals surface area contributed by atoms with Crippen LogP contribution in [0.4, 0.5) is 4.39 Å². The Morgan fingerprint density at radius 1 is 1.25 bits per heavy atom. The minimum absolute atomic E-state index is 0.0504. The minimum Gasteiger partial charge on any atom is -0.471 e. The van der Waals surface area contributed by atoms with E-state index in [4.69, 9.17) is 19.9 Å². The number of fused-ring (bicyclic) bond motifs is 1. The monoisotopic (exact) mass is 276 g/mol. The number of benzene rings is 1. The second-order valence-electron chi connectivity index (χ2n) is 4.27. The summed E-state index contributed by atoms with van der Waals surface area (Å²) in [6.45, 7) is 0.512. The molecule has 0 saturated carbocycles. The Kier molecular flexibility index (Phi) is 3.39. The topological polar surface area (TPSA) is 66.6 Å². The van der Waals surface area contributed by atoms with Crippen LogP contribution in [0.5, 0.6) is 17.4 Å². The highest BCUT2D eigenvalue weighted by atomic mass is 19.1. The Hall–Kier alpha value is -2.34. The minimum atomic E-state index is -0.518. The van der Waals surface area contributed by atoms with Gasteiger partial charge >= 0.3 is 0 Å². The van der Waals surface area contributed by atoms with Crippen molar-refractivity contribution in [3.63, 3.8) is 0 Å². The highest BCUT2D eigenvalue weighted by Gasteiger charge is 2.14. The molecule has 1 aromatic heterocycles. The van der Waals surface area contributed by atoms with Gasteiger partial charge in [-0.15, -0.1) is 0 Å². The highest BCUT2D eigenvalue weighted by Crippen LogP contribution is 2.32. The van der Waals surface area contributed by atoms with Crippen LogP contribution in [-0.2, 0) is 13.2 Å². The summed E-state index contributed by atoms with van der Waals surface area (Å²) < 4.78 is 29.8. The van der Waals surface area contributed by atoms with Crippen molar-refractivity contribution < 1.29 is 18.6 Å². The molecule has 104 valence electrons. The number of nitrogens with zero attached hydrogens (tertiary/aromatic N) is 1. The van der Waals surface area contributed by atoms with Crippen LogP contribution in [0.15, 0.2) is 30.5 Å². The summed E-state index contributed by atoms with van der Waals surface area (Å²) in [5.74, 6) is 0.791. The number of ether oxygens (including phenoxy) is 3. The molecule has 1 aromatic carbocycles. The molecule has 1 aliphatic heterocycles. The molecule has 6 heteroatoms. The van der Waals surface area contributed by atoms with Crippen LogP contribution in [-0.4, -0.2) is 11.8 Å². The summed E-state index contributed by atoms with van der Waals surface area (Å²) in [6.07, 6.45) is 1.47. The quantitative estimate of drug-likeness (QED) is 0.925. The lowest BCUT2D eigenvalue weighted by Crippen LogP contribution is -2.05. The largest absolute Gasteiger partial charge is 0.471 e. The third kappa shape index (κ3) is 2.37. The van der Waals surface area contributed by atoms with Crippen molar-refractivity contribution in [2.75, 3.05) is 6.79 Å². The van der Waals surface area contributed by atoms with Gasteiger partial charge in [0.1, 0.15) is 6.61 Å². The molecule has 0 aliphatic carbocycles. The number of halogens is 1. The van der Waals surface area contributed by atoms with E-state index >= 15 is 0 Å². The van der Waals surface area contributed by atoms with E-state index in [1.165, 1.54) is 12.3 Å². The summed E-state index contributed by atoms with van der Waals surface area (Å²) in [7, 11) is 0. The van der Waals surface area contributed by atoms with Gasteiger partial charge in [0, 0.05) is 18.3 Å². The van der Waals surface area contributed by atoms with Gasteiger partial charge in [0.25, 0.3) is 5.88 Å². The predicted octanol–water partition coefficient (Wildman–Crippen LogP) is 1.99. The first-order valence-corrected chi connectivity index (χ1v) is 6.12. The number of hydrogen-bond donors (Lipinski definition) is 1. The molecule has 20 heavy (non-hydrogen) atoms. The lowest BCUT2D eigenvalue weighted by atomic mass is 10.2. The average molecular weight is 276 g/mol. The standard InChI is InChI=1S/C14H13FN2O3/c15-13-10(6-16)3-4-17-14(13)18-7-9-1-2-11-12(5-9)20-8-19-11/h1-5H,6-8,16H2. The van der Waals surface area contributed by atoms with Crippen LogP contribution >= 0.6 is 0 Å². The maximum atomic E-state index is 13.9. The fourth-order valence-corrected chi connectivity index (χ4v) is 1.90. The predicted molar refractivity (Wildman–Crippen MR) is 69.0 cm³/mol. The van der Waals surface area contributed by atoms with Crippen molar-refractivity contribution in [2.24, 2.45) is 5.73 Å². The molecule has 0 spiro atoms. The van der Waals surface area contributed by atoms with E-state index in [9.17, 15) is 4.39 Å². The van der Waals surface area contributed by atoms with Crippen LogP contribution in [0, 0.1) is 5.82 Å². The van der Waals surface area contributed by atoms with E-state index < -0.39 is 5.82 Å². The van der Waals surface area contributed by atoms with Gasteiger partial charge in [-0.2, -0.15) is 0 Å². The number of aromatic nitrogens is 1. The molecule has 2 aromatic rings. The summed E-state index contributed by atoms with van der Waals surface area (Å²) in [4.78, 5) is 3.87. The Bertz CT molecular complexity index is 634. The van der Waals surface area contributed by atoms with E-state index in [1.54, 1.807) is 12.1 Å². The maximum Gasteiger partial charge on any atom is 0.251 e. The summed E-state index contributed by atoms with van der Waals surface area (Å²) in [5.41, 5.74) is 6.65. The molecular weight excluding hydrogens is 263 g/mol. The normalized spacial score (nSPS) is 12.5. The van der Waals surface area contributed by atoms with Crippen LogP contribution < -0.4 is 19.9 Å². The molecule has 2 heterocycles. The molecule has 0 radical (unpaired) electrons. The molecule has 0 bridgehead atoms. The Morgan fingerprint density at radius 2 is 2.10 bits per heavy atom. The lowest BCUT2D eigenvalue weighted by Gasteiger charge is -2.08. The molecule has 0 atom stereocenters. The van der Waals surface area contributed by atoms with Gasteiger partial charge < -0.3 is 19.9 Å². The van der Waals surface area contributed by atoms with Gasteiger partial charge in [-0.05, 0) is 23.8 Å². The van der Waals surface area contributed by atoms with Crippen LogP contribution in [0.25, 0.3) is 0 Å². The molecule has 3 rings (SSSR count). The molecular formula is C14H13FN2O3. The summed E-state index contributed by atoms with van der Waals surface area (Å²) in [6, 6.07) is 6.95. The zero-order valence-corrected chi connectivity index (χ0v) is 10.6. The molecule has 2 N–H and O–H groups in total. The molecule has 0 saturated heterocycles. The highest BCUT2D eigenvalue weighted by molar-refractivity contribution is 5.44.